The van der Waals surface area contributed by atoms with Gasteiger partial charge in [-0.2, -0.15) is 0 Å². The molecular formula is C21H24FNO3S. The lowest BCUT2D eigenvalue weighted by Crippen LogP contribution is -2.41. The van der Waals surface area contributed by atoms with E-state index in [2.05, 4.69) is 11.3 Å². The van der Waals surface area contributed by atoms with Gasteiger partial charge in [-0.05, 0) is 56.7 Å². The van der Waals surface area contributed by atoms with E-state index in [1.807, 2.05) is 20.8 Å². The molecule has 0 bridgehead atoms. The summed E-state index contributed by atoms with van der Waals surface area (Å²) in [6.45, 7) is 9.24. The number of hydrogen-bond donors (Lipinski definition) is 1. The van der Waals surface area contributed by atoms with E-state index in [0.29, 0.717) is 11.1 Å². The Kier molecular flexibility index (Phi) is 7.05. The van der Waals surface area contributed by atoms with E-state index in [1.165, 1.54) is 18.2 Å². The standard InChI is InChI=1S/C21H24FNO3S/c1-5-18(26-20(24)16-9-7-6-8-10-16)19(23-27(25)21(2,3)4)15-11-13-17(22)14-12-15/h5-14,18-19,23H,1H2,2-4H3/t18-,19+,27?/m1/s1. The average molecular weight is 389 g/mol. The summed E-state index contributed by atoms with van der Waals surface area (Å²) in [5.74, 6) is -0.901. The summed E-state index contributed by atoms with van der Waals surface area (Å²) in [4.78, 5) is 12.5. The zero-order valence-corrected chi connectivity index (χ0v) is 16.5. The predicted molar refractivity (Wildman–Crippen MR) is 106 cm³/mol. The number of nitrogens with one attached hydrogen (secondary N) is 1. The molecule has 1 N–H and O–H groups in total. The van der Waals surface area contributed by atoms with Crippen molar-refractivity contribution in [3.05, 3.63) is 84.2 Å². The van der Waals surface area contributed by atoms with Crippen molar-refractivity contribution < 1.29 is 18.1 Å². The molecule has 0 spiro atoms. The van der Waals surface area contributed by atoms with Gasteiger partial charge in [0.05, 0.1) is 27.3 Å². The number of hydrogen-bond acceptors (Lipinski definition) is 3. The normalized spacial score (nSPS) is 14.8. The number of esters is 1. The minimum atomic E-state index is -1.44. The molecule has 1 unspecified atom stereocenters. The molecule has 2 aromatic carbocycles. The third-order valence-corrected chi connectivity index (χ3v) is 5.41. The summed E-state index contributed by atoms with van der Waals surface area (Å²) in [6, 6.07) is 13.7. The van der Waals surface area contributed by atoms with Gasteiger partial charge in [-0.15, -0.1) is 0 Å². The first-order valence-electron chi connectivity index (χ1n) is 8.54. The van der Waals surface area contributed by atoms with Gasteiger partial charge in [0, 0.05) is 0 Å². The monoisotopic (exact) mass is 389 g/mol. The van der Waals surface area contributed by atoms with E-state index in [-0.39, 0.29) is 5.82 Å². The molecule has 0 aliphatic rings. The molecule has 2 aromatic rings. The van der Waals surface area contributed by atoms with Crippen molar-refractivity contribution in [2.75, 3.05) is 0 Å². The Hall–Kier alpha value is -2.31. The summed E-state index contributed by atoms with van der Waals surface area (Å²) in [6.07, 6.45) is 0.677. The fraction of sp³-hybridized carbons (Fsp3) is 0.286. The Balaban J connectivity index is 2.31. The van der Waals surface area contributed by atoms with E-state index in [1.54, 1.807) is 42.5 Å². The molecule has 0 amide bonds. The third kappa shape index (κ3) is 5.84. The molecule has 0 saturated heterocycles. The molecule has 0 aromatic heterocycles. The van der Waals surface area contributed by atoms with Gasteiger partial charge < -0.3 is 4.74 Å². The van der Waals surface area contributed by atoms with E-state index in [0.717, 1.165) is 0 Å². The van der Waals surface area contributed by atoms with E-state index >= 15 is 0 Å². The number of halogens is 1. The zero-order chi connectivity index (χ0) is 20.0. The molecule has 2 rings (SSSR count). The summed E-state index contributed by atoms with van der Waals surface area (Å²) >= 11 is 0. The molecule has 27 heavy (non-hydrogen) atoms. The average Bonchev–Trinajstić information content (AvgIpc) is 2.65. The Morgan fingerprint density at radius 3 is 2.26 bits per heavy atom. The lowest BCUT2D eigenvalue weighted by atomic mass is 10.0. The molecule has 3 atom stereocenters. The maximum Gasteiger partial charge on any atom is 0.338 e. The second-order valence-corrected chi connectivity index (χ2v) is 9.00. The molecule has 0 aliphatic heterocycles. The molecule has 144 valence electrons. The fourth-order valence-corrected chi connectivity index (χ4v) is 3.16. The smallest absolute Gasteiger partial charge is 0.338 e. The number of carbonyl (C=O) groups is 1. The summed E-state index contributed by atoms with van der Waals surface area (Å²) in [5, 5.41) is 0. The van der Waals surface area contributed by atoms with Crippen molar-refractivity contribution >= 4 is 17.0 Å². The molecule has 0 radical (unpaired) electrons. The van der Waals surface area contributed by atoms with Crippen LogP contribution in [0.4, 0.5) is 4.39 Å². The number of benzene rings is 2. The molecule has 0 heterocycles. The van der Waals surface area contributed by atoms with Gasteiger partial charge in [0.1, 0.15) is 11.9 Å². The van der Waals surface area contributed by atoms with Crippen LogP contribution in [0, 0.1) is 5.82 Å². The maximum absolute atomic E-state index is 13.3. The number of rotatable bonds is 7. The minimum absolute atomic E-state index is 0.383. The highest BCUT2D eigenvalue weighted by Crippen LogP contribution is 2.24. The first kappa shape index (κ1) is 21.0. The lowest BCUT2D eigenvalue weighted by Gasteiger charge is -2.29. The maximum atomic E-state index is 13.3. The summed E-state index contributed by atoms with van der Waals surface area (Å²) in [7, 11) is -1.44. The van der Waals surface area contributed by atoms with Crippen LogP contribution >= 0.6 is 0 Å². The van der Waals surface area contributed by atoms with Gasteiger partial charge >= 0.3 is 5.97 Å². The van der Waals surface area contributed by atoms with Crippen molar-refractivity contribution in [1.29, 1.82) is 0 Å². The van der Waals surface area contributed by atoms with Gasteiger partial charge in [0.2, 0.25) is 0 Å². The van der Waals surface area contributed by atoms with Gasteiger partial charge in [-0.1, -0.05) is 36.9 Å². The SMILES string of the molecule is C=C[C@@H](OC(=O)c1ccccc1)[C@@H](NS(=O)C(C)(C)C)c1ccc(F)cc1. The van der Waals surface area contributed by atoms with Crippen LogP contribution in [0.1, 0.15) is 42.7 Å². The number of ether oxygens (including phenoxy) is 1. The first-order valence-corrected chi connectivity index (χ1v) is 9.69. The Morgan fingerprint density at radius 1 is 1.15 bits per heavy atom. The van der Waals surface area contributed by atoms with Crippen molar-refractivity contribution in [2.45, 2.75) is 37.7 Å². The summed E-state index contributed by atoms with van der Waals surface area (Å²) in [5.41, 5.74) is 1.04. The van der Waals surface area contributed by atoms with Crippen LogP contribution in [0.3, 0.4) is 0 Å². The molecular weight excluding hydrogens is 365 g/mol. The van der Waals surface area contributed by atoms with Crippen molar-refractivity contribution in [3.63, 3.8) is 0 Å². The van der Waals surface area contributed by atoms with E-state index in [4.69, 9.17) is 4.74 Å². The largest absolute Gasteiger partial charge is 0.452 e. The second kappa shape index (κ2) is 9.06. The highest BCUT2D eigenvalue weighted by atomic mass is 32.2. The van der Waals surface area contributed by atoms with Gasteiger partial charge in [-0.3, -0.25) is 0 Å². The van der Waals surface area contributed by atoms with E-state index in [9.17, 15) is 13.4 Å². The van der Waals surface area contributed by atoms with Crippen LogP contribution in [-0.4, -0.2) is 21.0 Å². The highest BCUT2D eigenvalue weighted by molar-refractivity contribution is 7.84. The summed E-state index contributed by atoms with van der Waals surface area (Å²) < 4.78 is 34.0. The van der Waals surface area contributed by atoms with Crippen LogP contribution in [0.25, 0.3) is 0 Å². The molecule has 4 nitrogen and oxygen atoms in total. The zero-order valence-electron chi connectivity index (χ0n) is 15.6. The number of carbonyl (C=O) groups excluding carboxylic acids is 1. The van der Waals surface area contributed by atoms with Crippen LogP contribution in [0.15, 0.2) is 67.3 Å². The Bertz CT molecular complexity index is 800. The third-order valence-electron chi connectivity index (χ3n) is 3.83. The van der Waals surface area contributed by atoms with Crippen LogP contribution in [-0.2, 0) is 15.7 Å². The fourth-order valence-electron chi connectivity index (χ4n) is 2.31. The minimum Gasteiger partial charge on any atom is -0.452 e. The molecule has 6 heteroatoms. The van der Waals surface area contributed by atoms with Crippen molar-refractivity contribution in [1.82, 2.24) is 4.72 Å². The molecule has 0 saturated carbocycles. The quantitative estimate of drug-likeness (QED) is 0.566. The van der Waals surface area contributed by atoms with Gasteiger partial charge in [-0.25, -0.2) is 18.1 Å². The van der Waals surface area contributed by atoms with Crippen molar-refractivity contribution in [3.8, 4) is 0 Å². The topological polar surface area (TPSA) is 55.4 Å². The molecule has 0 aliphatic carbocycles. The van der Waals surface area contributed by atoms with Crippen LogP contribution in [0.2, 0.25) is 0 Å². The Labute approximate surface area is 162 Å². The Morgan fingerprint density at radius 2 is 1.74 bits per heavy atom. The van der Waals surface area contributed by atoms with Gasteiger partial charge in [0.15, 0.2) is 0 Å². The van der Waals surface area contributed by atoms with E-state index < -0.39 is 33.8 Å². The van der Waals surface area contributed by atoms with Crippen LogP contribution < -0.4 is 4.72 Å². The molecule has 0 fully saturated rings. The first-order chi connectivity index (χ1) is 12.7. The highest BCUT2D eigenvalue weighted by Gasteiger charge is 2.30. The second-order valence-electron chi connectivity index (χ2n) is 7.00. The lowest BCUT2D eigenvalue weighted by molar-refractivity contribution is 0.0336. The predicted octanol–water partition coefficient (Wildman–Crippen LogP) is 4.33. The van der Waals surface area contributed by atoms with Crippen LogP contribution in [0.5, 0.6) is 0 Å². The van der Waals surface area contributed by atoms with Crippen molar-refractivity contribution in [2.24, 2.45) is 0 Å². The van der Waals surface area contributed by atoms with Gasteiger partial charge in [0.25, 0.3) is 0 Å².